The van der Waals surface area contributed by atoms with E-state index < -0.39 is 17.4 Å². The first kappa shape index (κ1) is 15.3. The van der Waals surface area contributed by atoms with E-state index in [1.54, 1.807) is 6.92 Å². The van der Waals surface area contributed by atoms with Crippen LogP contribution in [-0.2, 0) is 4.79 Å². The first-order valence-corrected chi connectivity index (χ1v) is 7.56. The Hall–Kier alpha value is -2.63. The van der Waals surface area contributed by atoms with E-state index in [1.165, 1.54) is 0 Å². The maximum absolute atomic E-state index is 12.5. The molecular weight excluding hydrogens is 296 g/mol. The summed E-state index contributed by atoms with van der Waals surface area (Å²) in [5.74, 6) is -0.794. The largest absolute Gasteiger partial charge is 0.481 e. The molecule has 2 aromatic rings. The molecule has 0 atom stereocenters. The summed E-state index contributed by atoms with van der Waals surface area (Å²) < 4.78 is 5.61. The lowest BCUT2D eigenvalue weighted by Crippen LogP contribution is -2.54. The number of nitrogens with zero attached hydrogens (tertiary/aromatic N) is 1. The van der Waals surface area contributed by atoms with Crippen molar-refractivity contribution in [1.29, 1.82) is 0 Å². The van der Waals surface area contributed by atoms with Gasteiger partial charge in [-0.1, -0.05) is 18.2 Å². The zero-order valence-electron chi connectivity index (χ0n) is 12.8. The van der Waals surface area contributed by atoms with Crippen LogP contribution in [0.25, 0.3) is 11.5 Å². The Morgan fingerprint density at radius 2 is 2.00 bits per heavy atom. The Kier molecular flexibility index (Phi) is 3.90. The van der Waals surface area contributed by atoms with Crippen LogP contribution in [0.1, 0.15) is 41.9 Å². The van der Waals surface area contributed by atoms with Gasteiger partial charge in [0.2, 0.25) is 11.7 Å². The number of carbonyl (C=O) groups is 2. The third-order valence-electron chi connectivity index (χ3n) is 4.20. The number of amides is 1. The number of nitrogens with one attached hydrogen (secondary N) is 1. The maximum Gasteiger partial charge on any atom is 0.305 e. The fourth-order valence-electron chi connectivity index (χ4n) is 2.85. The van der Waals surface area contributed by atoms with Gasteiger partial charge in [-0.2, -0.15) is 0 Å². The lowest BCUT2D eigenvalue weighted by atomic mass is 9.74. The Morgan fingerprint density at radius 1 is 1.30 bits per heavy atom. The molecule has 6 heteroatoms. The molecule has 23 heavy (non-hydrogen) atoms. The smallest absolute Gasteiger partial charge is 0.305 e. The molecule has 0 bridgehead atoms. The van der Waals surface area contributed by atoms with Gasteiger partial charge in [-0.25, -0.2) is 4.98 Å². The molecule has 2 N–H and O–H groups in total. The Bertz CT molecular complexity index is 732. The predicted octanol–water partition coefficient (Wildman–Crippen LogP) is 2.78. The zero-order chi connectivity index (χ0) is 16.4. The summed E-state index contributed by atoms with van der Waals surface area (Å²) in [7, 11) is 0. The summed E-state index contributed by atoms with van der Waals surface area (Å²) in [4.78, 5) is 27.7. The summed E-state index contributed by atoms with van der Waals surface area (Å²) >= 11 is 0. The number of carbonyl (C=O) groups excluding carboxylic acids is 1. The highest BCUT2D eigenvalue weighted by molar-refractivity contribution is 5.93. The van der Waals surface area contributed by atoms with Gasteiger partial charge in [0.1, 0.15) is 0 Å². The van der Waals surface area contributed by atoms with Crippen molar-refractivity contribution in [3.8, 4) is 11.5 Å². The van der Waals surface area contributed by atoms with Crippen LogP contribution in [0.5, 0.6) is 0 Å². The summed E-state index contributed by atoms with van der Waals surface area (Å²) in [6.07, 6.45) is 2.18. The average Bonchev–Trinajstić information content (AvgIpc) is 2.87. The predicted molar refractivity (Wildman–Crippen MR) is 83.0 cm³/mol. The molecule has 1 aromatic carbocycles. The highest BCUT2D eigenvalue weighted by Crippen LogP contribution is 2.35. The van der Waals surface area contributed by atoms with Gasteiger partial charge in [-0.15, -0.1) is 0 Å². The van der Waals surface area contributed by atoms with E-state index in [-0.39, 0.29) is 12.2 Å². The molecule has 1 fully saturated rings. The molecule has 1 aliphatic rings. The van der Waals surface area contributed by atoms with Crippen molar-refractivity contribution < 1.29 is 19.1 Å². The molecule has 0 radical (unpaired) electrons. The fraction of sp³-hybridized carbons (Fsp3) is 0.353. The van der Waals surface area contributed by atoms with E-state index in [9.17, 15) is 9.59 Å². The van der Waals surface area contributed by atoms with Gasteiger partial charge in [-0.05, 0) is 38.3 Å². The lowest BCUT2D eigenvalue weighted by molar-refractivity contribution is -0.139. The van der Waals surface area contributed by atoms with Gasteiger partial charge in [0.15, 0.2) is 0 Å². The third-order valence-corrected chi connectivity index (χ3v) is 4.20. The van der Waals surface area contributed by atoms with Crippen LogP contribution < -0.4 is 5.32 Å². The number of rotatable bonds is 5. The molecule has 1 amide bonds. The summed E-state index contributed by atoms with van der Waals surface area (Å²) in [5.41, 5.74) is 0.624. The van der Waals surface area contributed by atoms with Crippen molar-refractivity contribution in [3.05, 3.63) is 41.8 Å². The number of carboxylic acids is 1. The molecule has 6 nitrogen and oxygen atoms in total. The highest BCUT2D eigenvalue weighted by atomic mass is 16.4. The van der Waals surface area contributed by atoms with E-state index in [2.05, 4.69) is 10.3 Å². The standard InChI is InChI=1S/C17H18N2O4/c1-11-14(23-16(18-11)12-6-3-2-4-7-12)15(22)19-17(8-5-9-17)10-13(20)21/h2-4,6-7H,5,8-10H2,1H3,(H,19,22)(H,20,21). The fourth-order valence-corrected chi connectivity index (χ4v) is 2.85. The molecule has 3 rings (SSSR count). The molecule has 1 aliphatic carbocycles. The zero-order valence-corrected chi connectivity index (χ0v) is 12.8. The second kappa shape index (κ2) is 5.87. The number of aliphatic carboxylic acids is 1. The Morgan fingerprint density at radius 3 is 2.57 bits per heavy atom. The first-order valence-electron chi connectivity index (χ1n) is 7.56. The van der Waals surface area contributed by atoms with Crippen molar-refractivity contribution in [2.75, 3.05) is 0 Å². The quantitative estimate of drug-likeness (QED) is 0.885. The molecule has 0 saturated heterocycles. The van der Waals surface area contributed by atoms with Crippen molar-refractivity contribution in [2.24, 2.45) is 0 Å². The van der Waals surface area contributed by atoms with Crippen LogP contribution >= 0.6 is 0 Å². The van der Waals surface area contributed by atoms with Gasteiger partial charge in [0.05, 0.1) is 17.7 Å². The van der Waals surface area contributed by atoms with E-state index in [0.717, 1.165) is 12.0 Å². The third kappa shape index (κ3) is 3.11. The highest BCUT2D eigenvalue weighted by Gasteiger charge is 2.41. The summed E-state index contributed by atoms with van der Waals surface area (Å²) in [6.45, 7) is 1.70. The molecule has 0 aliphatic heterocycles. The van der Waals surface area contributed by atoms with E-state index in [0.29, 0.717) is 24.4 Å². The molecule has 120 valence electrons. The number of aryl methyl sites for hydroxylation is 1. The van der Waals surface area contributed by atoms with Gasteiger partial charge in [0, 0.05) is 5.56 Å². The molecule has 1 aromatic heterocycles. The number of aromatic nitrogens is 1. The van der Waals surface area contributed by atoms with E-state index in [1.807, 2.05) is 30.3 Å². The number of hydrogen-bond donors (Lipinski definition) is 2. The van der Waals surface area contributed by atoms with Gasteiger partial charge >= 0.3 is 5.97 Å². The minimum atomic E-state index is -0.913. The summed E-state index contributed by atoms with van der Waals surface area (Å²) in [6, 6.07) is 9.32. The average molecular weight is 314 g/mol. The molecule has 1 saturated carbocycles. The SMILES string of the molecule is Cc1nc(-c2ccccc2)oc1C(=O)NC1(CC(=O)O)CCC1. The van der Waals surface area contributed by atoms with Gasteiger partial charge in [0.25, 0.3) is 5.91 Å². The van der Waals surface area contributed by atoms with Crippen molar-refractivity contribution >= 4 is 11.9 Å². The number of oxazole rings is 1. The van der Waals surface area contributed by atoms with Crippen LogP contribution in [0, 0.1) is 6.92 Å². The van der Waals surface area contributed by atoms with Crippen LogP contribution in [0.4, 0.5) is 0 Å². The minimum absolute atomic E-state index is 0.0720. The molecule has 1 heterocycles. The second-order valence-electron chi connectivity index (χ2n) is 5.96. The van der Waals surface area contributed by atoms with Crippen LogP contribution in [0.15, 0.2) is 34.7 Å². The second-order valence-corrected chi connectivity index (χ2v) is 5.96. The summed E-state index contributed by atoms with van der Waals surface area (Å²) in [5, 5.41) is 11.8. The number of carboxylic acid groups (broad SMARTS) is 1. The van der Waals surface area contributed by atoms with Crippen LogP contribution in [0.2, 0.25) is 0 Å². The van der Waals surface area contributed by atoms with Gasteiger partial charge in [-0.3, -0.25) is 9.59 Å². The molecule has 0 unspecified atom stereocenters. The first-order chi connectivity index (χ1) is 11.0. The van der Waals surface area contributed by atoms with Gasteiger partial charge < -0.3 is 14.8 Å². The number of benzene rings is 1. The van der Waals surface area contributed by atoms with Crippen molar-refractivity contribution in [1.82, 2.24) is 10.3 Å². The molecular formula is C17H18N2O4. The van der Waals surface area contributed by atoms with Crippen LogP contribution in [0.3, 0.4) is 0 Å². The minimum Gasteiger partial charge on any atom is -0.481 e. The van der Waals surface area contributed by atoms with Crippen LogP contribution in [-0.4, -0.2) is 27.5 Å². The van der Waals surface area contributed by atoms with E-state index >= 15 is 0 Å². The monoisotopic (exact) mass is 314 g/mol. The Labute approximate surface area is 133 Å². The number of hydrogen-bond acceptors (Lipinski definition) is 4. The normalized spacial score (nSPS) is 15.7. The van der Waals surface area contributed by atoms with E-state index in [4.69, 9.17) is 9.52 Å². The topological polar surface area (TPSA) is 92.4 Å². The van der Waals surface area contributed by atoms with Crippen molar-refractivity contribution in [3.63, 3.8) is 0 Å². The lowest BCUT2D eigenvalue weighted by Gasteiger charge is -2.41. The Balaban J connectivity index is 1.80. The maximum atomic E-state index is 12.5. The van der Waals surface area contributed by atoms with Crippen molar-refractivity contribution in [2.45, 2.75) is 38.1 Å². The molecule has 0 spiro atoms.